The SMILES string of the molecule is C#C[N+]1(CCOCCNC(=O)CCNC(=O)CCCCCN)CCOCC1. The van der Waals surface area contributed by atoms with E-state index in [0.29, 0.717) is 57.0 Å². The van der Waals surface area contributed by atoms with Crippen molar-refractivity contribution in [3.8, 4) is 12.5 Å². The fourth-order valence-corrected chi connectivity index (χ4v) is 2.81. The number of quaternary nitrogens is 1. The molecule has 1 heterocycles. The van der Waals surface area contributed by atoms with Gasteiger partial charge in [-0.2, -0.15) is 0 Å². The van der Waals surface area contributed by atoms with E-state index in [0.717, 1.165) is 38.9 Å². The summed E-state index contributed by atoms with van der Waals surface area (Å²) in [6.07, 6.45) is 9.13. The van der Waals surface area contributed by atoms with E-state index in [-0.39, 0.29) is 18.2 Å². The van der Waals surface area contributed by atoms with Crippen LogP contribution in [0.3, 0.4) is 0 Å². The number of ether oxygens (including phenoxy) is 2. The molecule has 2 amide bonds. The van der Waals surface area contributed by atoms with Crippen molar-refractivity contribution >= 4 is 11.8 Å². The number of nitrogens with one attached hydrogen (secondary N) is 2. The average molecular weight is 384 g/mol. The Bertz CT molecular complexity index is 473. The first-order valence-corrected chi connectivity index (χ1v) is 9.85. The van der Waals surface area contributed by atoms with Crippen molar-refractivity contribution < 1.29 is 23.5 Å². The van der Waals surface area contributed by atoms with Crippen molar-refractivity contribution in [3.63, 3.8) is 0 Å². The Kier molecular flexibility index (Phi) is 12.5. The summed E-state index contributed by atoms with van der Waals surface area (Å²) < 4.78 is 11.5. The highest BCUT2D eigenvalue weighted by molar-refractivity contribution is 5.78. The molecule has 0 aromatic heterocycles. The van der Waals surface area contributed by atoms with Crippen molar-refractivity contribution in [1.29, 1.82) is 0 Å². The Labute approximate surface area is 162 Å². The Hall–Kier alpha value is -1.66. The van der Waals surface area contributed by atoms with Gasteiger partial charge in [0.15, 0.2) is 0 Å². The number of amides is 2. The van der Waals surface area contributed by atoms with Crippen molar-refractivity contribution in [2.75, 3.05) is 65.7 Å². The van der Waals surface area contributed by atoms with Crippen molar-refractivity contribution in [1.82, 2.24) is 10.6 Å². The van der Waals surface area contributed by atoms with Gasteiger partial charge in [0.25, 0.3) is 0 Å². The van der Waals surface area contributed by atoms with E-state index in [4.69, 9.17) is 21.6 Å². The molecule has 154 valence electrons. The highest BCUT2D eigenvalue weighted by Crippen LogP contribution is 2.09. The minimum Gasteiger partial charge on any atom is -0.374 e. The largest absolute Gasteiger partial charge is 0.374 e. The minimum absolute atomic E-state index is 0.0168. The van der Waals surface area contributed by atoms with Crippen LogP contribution in [0.4, 0.5) is 0 Å². The summed E-state index contributed by atoms with van der Waals surface area (Å²) in [6.45, 7) is 6.22. The zero-order valence-corrected chi connectivity index (χ0v) is 16.3. The third-order valence-corrected chi connectivity index (χ3v) is 4.62. The maximum absolute atomic E-state index is 11.7. The molecular formula is C19H35N4O4+. The van der Waals surface area contributed by atoms with E-state index >= 15 is 0 Å². The molecular weight excluding hydrogens is 348 g/mol. The number of hydrogen-bond acceptors (Lipinski definition) is 5. The monoisotopic (exact) mass is 383 g/mol. The molecule has 1 fully saturated rings. The molecule has 4 N–H and O–H groups in total. The number of unbranched alkanes of at least 4 members (excludes halogenated alkanes) is 2. The lowest BCUT2D eigenvalue weighted by molar-refractivity contribution is -0.872. The summed E-state index contributed by atoms with van der Waals surface area (Å²) in [6, 6.07) is 2.85. The molecule has 8 heteroatoms. The predicted octanol–water partition coefficient (Wildman–Crippen LogP) is -0.418. The van der Waals surface area contributed by atoms with E-state index in [1.807, 2.05) is 0 Å². The number of nitrogens with zero attached hydrogens (tertiary/aromatic N) is 1. The molecule has 0 spiro atoms. The standard InChI is InChI=1S/C19H34N4O4/c1-2-23(12-16-27-17-13-23)11-15-26-14-10-22-19(25)7-9-21-18(24)6-4-3-5-8-20/h1H,3-17,20H2,(H-,21,22,24,25)/p+1. The van der Waals surface area contributed by atoms with Crippen LogP contribution in [0.2, 0.25) is 0 Å². The number of morpholine rings is 1. The van der Waals surface area contributed by atoms with Gasteiger partial charge in [0.05, 0.1) is 26.4 Å². The Morgan fingerprint density at radius 2 is 1.74 bits per heavy atom. The summed E-state index contributed by atoms with van der Waals surface area (Å²) in [7, 11) is 0. The maximum atomic E-state index is 11.7. The van der Waals surface area contributed by atoms with Crippen molar-refractivity contribution in [2.45, 2.75) is 32.1 Å². The van der Waals surface area contributed by atoms with Crippen LogP contribution >= 0.6 is 0 Å². The van der Waals surface area contributed by atoms with Crippen LogP contribution in [0, 0.1) is 12.5 Å². The van der Waals surface area contributed by atoms with Crippen LogP contribution in [0.5, 0.6) is 0 Å². The number of terminal acetylenes is 1. The number of hydrogen-bond donors (Lipinski definition) is 3. The van der Waals surface area contributed by atoms with Crippen LogP contribution in [0.1, 0.15) is 32.1 Å². The lowest BCUT2D eigenvalue weighted by atomic mass is 10.2. The average Bonchev–Trinajstić information content (AvgIpc) is 2.68. The molecule has 1 aliphatic rings. The Balaban J connectivity index is 1.96. The number of carbonyl (C=O) groups excluding carboxylic acids is 2. The topological polar surface area (TPSA) is 103 Å². The van der Waals surface area contributed by atoms with Gasteiger partial charge in [-0.05, 0) is 19.4 Å². The first-order valence-electron chi connectivity index (χ1n) is 9.85. The quantitative estimate of drug-likeness (QED) is 0.215. The molecule has 0 atom stereocenters. The maximum Gasteiger partial charge on any atom is 0.221 e. The second-order valence-electron chi connectivity index (χ2n) is 6.72. The molecule has 0 aromatic carbocycles. The van der Waals surface area contributed by atoms with Gasteiger partial charge in [-0.1, -0.05) is 12.8 Å². The van der Waals surface area contributed by atoms with E-state index in [1.165, 1.54) is 0 Å². The lowest BCUT2D eigenvalue weighted by Gasteiger charge is -2.34. The van der Waals surface area contributed by atoms with Gasteiger partial charge in [0.2, 0.25) is 11.8 Å². The molecule has 8 nitrogen and oxygen atoms in total. The van der Waals surface area contributed by atoms with Crippen LogP contribution in [0.15, 0.2) is 0 Å². The summed E-state index contributed by atoms with van der Waals surface area (Å²) in [4.78, 5) is 23.3. The fourth-order valence-electron chi connectivity index (χ4n) is 2.81. The Morgan fingerprint density at radius 3 is 2.44 bits per heavy atom. The smallest absolute Gasteiger partial charge is 0.221 e. The minimum atomic E-state index is -0.0951. The molecule has 0 aromatic rings. The molecule has 1 saturated heterocycles. The summed E-state index contributed by atoms with van der Waals surface area (Å²) in [5, 5.41) is 5.54. The van der Waals surface area contributed by atoms with Gasteiger partial charge in [0, 0.05) is 25.9 Å². The third-order valence-electron chi connectivity index (χ3n) is 4.62. The van der Waals surface area contributed by atoms with E-state index in [1.54, 1.807) is 0 Å². The van der Waals surface area contributed by atoms with Gasteiger partial charge < -0.3 is 25.8 Å². The van der Waals surface area contributed by atoms with Crippen molar-refractivity contribution in [3.05, 3.63) is 0 Å². The van der Waals surface area contributed by atoms with Gasteiger partial charge in [0.1, 0.15) is 25.7 Å². The summed E-state index contributed by atoms with van der Waals surface area (Å²) in [5.41, 5.74) is 5.40. The zero-order chi connectivity index (χ0) is 19.8. The van der Waals surface area contributed by atoms with Crippen LogP contribution < -0.4 is 16.4 Å². The van der Waals surface area contributed by atoms with Gasteiger partial charge in [-0.25, -0.2) is 4.48 Å². The highest BCUT2D eigenvalue weighted by atomic mass is 16.5. The van der Waals surface area contributed by atoms with Crippen LogP contribution in [-0.2, 0) is 19.1 Å². The summed E-state index contributed by atoms with van der Waals surface area (Å²) >= 11 is 0. The van der Waals surface area contributed by atoms with Gasteiger partial charge >= 0.3 is 0 Å². The number of carbonyl (C=O) groups is 2. The second-order valence-corrected chi connectivity index (χ2v) is 6.72. The van der Waals surface area contributed by atoms with Crippen LogP contribution in [-0.4, -0.2) is 82.0 Å². The normalized spacial score (nSPS) is 15.7. The van der Waals surface area contributed by atoms with Crippen LogP contribution in [0.25, 0.3) is 0 Å². The number of rotatable bonds is 14. The number of nitrogens with two attached hydrogens (primary N) is 1. The van der Waals surface area contributed by atoms with E-state index in [9.17, 15) is 9.59 Å². The van der Waals surface area contributed by atoms with E-state index < -0.39 is 0 Å². The van der Waals surface area contributed by atoms with Crippen molar-refractivity contribution in [2.24, 2.45) is 5.73 Å². The molecule has 0 radical (unpaired) electrons. The Morgan fingerprint density at radius 1 is 1.04 bits per heavy atom. The molecule has 0 unspecified atom stereocenters. The molecule has 1 rings (SSSR count). The molecule has 1 aliphatic heterocycles. The lowest BCUT2D eigenvalue weighted by Crippen LogP contribution is -2.53. The second kappa shape index (κ2) is 14.4. The first kappa shape index (κ1) is 23.4. The molecule has 0 saturated carbocycles. The fraction of sp³-hybridized carbons (Fsp3) is 0.789. The highest BCUT2D eigenvalue weighted by Gasteiger charge is 2.28. The molecule has 27 heavy (non-hydrogen) atoms. The molecule has 0 aliphatic carbocycles. The van der Waals surface area contributed by atoms with E-state index in [2.05, 4.69) is 16.7 Å². The summed E-state index contributed by atoms with van der Waals surface area (Å²) in [5.74, 6) is -0.112. The van der Waals surface area contributed by atoms with Gasteiger partial charge in [-0.3, -0.25) is 9.59 Å². The first-order chi connectivity index (χ1) is 13.1. The predicted molar refractivity (Wildman–Crippen MR) is 103 cm³/mol. The molecule has 0 bridgehead atoms. The van der Waals surface area contributed by atoms with Gasteiger partial charge in [-0.15, -0.1) is 0 Å². The zero-order valence-electron chi connectivity index (χ0n) is 16.3. The third kappa shape index (κ3) is 10.9.